The van der Waals surface area contributed by atoms with Crippen LogP contribution in [0.3, 0.4) is 0 Å². The van der Waals surface area contributed by atoms with Gasteiger partial charge in [-0.1, -0.05) is 42.1 Å². The minimum Gasteiger partial charge on any atom is -0.480 e. The number of hydrogen-bond donors (Lipinski definition) is 2. The second-order valence-electron chi connectivity index (χ2n) is 6.65. The molecule has 0 spiro atoms. The van der Waals surface area contributed by atoms with E-state index in [0.29, 0.717) is 0 Å². The zero-order valence-electron chi connectivity index (χ0n) is 15.1. The van der Waals surface area contributed by atoms with Gasteiger partial charge in [-0.05, 0) is 30.4 Å². The van der Waals surface area contributed by atoms with Gasteiger partial charge in [0.05, 0.1) is 5.75 Å². The van der Waals surface area contributed by atoms with Gasteiger partial charge in [0.2, 0.25) is 5.91 Å². The minimum absolute atomic E-state index is 0.120. The zero-order chi connectivity index (χ0) is 19.5. The van der Waals surface area contributed by atoms with Crippen molar-refractivity contribution in [3.05, 3.63) is 52.7 Å². The largest absolute Gasteiger partial charge is 0.480 e. The molecular weight excluding hydrogens is 394 g/mol. The van der Waals surface area contributed by atoms with Crippen LogP contribution in [0.4, 0.5) is 0 Å². The van der Waals surface area contributed by atoms with Crippen LogP contribution in [0.15, 0.2) is 41.7 Å². The topological polar surface area (TPSA) is 92.2 Å². The third-order valence-corrected chi connectivity index (χ3v) is 6.91. The second kappa shape index (κ2) is 8.28. The van der Waals surface area contributed by atoms with Gasteiger partial charge in [0.1, 0.15) is 22.2 Å². The van der Waals surface area contributed by atoms with Crippen molar-refractivity contribution in [2.24, 2.45) is 0 Å². The number of benzene rings is 1. The summed E-state index contributed by atoms with van der Waals surface area (Å²) >= 11 is 3.05. The zero-order valence-corrected chi connectivity index (χ0v) is 16.7. The molecule has 2 aromatic heterocycles. The van der Waals surface area contributed by atoms with Gasteiger partial charge in [-0.15, -0.1) is 11.3 Å². The first-order valence-corrected chi connectivity index (χ1v) is 10.9. The predicted molar refractivity (Wildman–Crippen MR) is 110 cm³/mol. The first-order chi connectivity index (χ1) is 13.6. The maximum Gasteiger partial charge on any atom is 0.326 e. The van der Waals surface area contributed by atoms with E-state index >= 15 is 0 Å². The summed E-state index contributed by atoms with van der Waals surface area (Å²) in [6, 6.07) is 8.33. The molecule has 1 aromatic carbocycles. The number of thiophene rings is 1. The number of amides is 1. The molecule has 0 fully saturated rings. The molecular formula is C20H19N3O3S2. The maximum atomic E-state index is 12.4. The molecule has 4 rings (SSSR count). The van der Waals surface area contributed by atoms with Crippen molar-refractivity contribution < 1.29 is 14.7 Å². The number of carboxylic acids is 1. The van der Waals surface area contributed by atoms with Crippen LogP contribution in [0.5, 0.6) is 0 Å². The summed E-state index contributed by atoms with van der Waals surface area (Å²) in [4.78, 5) is 35.0. The van der Waals surface area contributed by atoms with Crippen LogP contribution >= 0.6 is 23.1 Å². The lowest BCUT2D eigenvalue weighted by Crippen LogP contribution is -2.43. The Labute approximate surface area is 170 Å². The molecule has 3 aromatic rings. The molecule has 0 saturated heterocycles. The van der Waals surface area contributed by atoms with Crippen molar-refractivity contribution in [1.82, 2.24) is 15.3 Å². The quantitative estimate of drug-likeness (QED) is 0.457. The van der Waals surface area contributed by atoms with Gasteiger partial charge < -0.3 is 10.4 Å². The molecule has 0 bridgehead atoms. The Morgan fingerprint density at radius 3 is 2.82 bits per heavy atom. The molecule has 0 saturated carbocycles. The first-order valence-electron chi connectivity index (χ1n) is 9.06. The van der Waals surface area contributed by atoms with Crippen LogP contribution in [0.1, 0.15) is 22.4 Å². The molecule has 28 heavy (non-hydrogen) atoms. The highest BCUT2D eigenvalue weighted by Gasteiger charge is 2.23. The fourth-order valence-corrected chi connectivity index (χ4v) is 5.56. The van der Waals surface area contributed by atoms with Gasteiger partial charge in [-0.25, -0.2) is 14.8 Å². The number of aromatic nitrogens is 2. The van der Waals surface area contributed by atoms with E-state index in [-0.39, 0.29) is 18.1 Å². The fraction of sp³-hybridized carbons (Fsp3) is 0.300. The highest BCUT2D eigenvalue weighted by molar-refractivity contribution is 8.00. The summed E-state index contributed by atoms with van der Waals surface area (Å²) < 4.78 is 0. The highest BCUT2D eigenvalue weighted by atomic mass is 32.2. The van der Waals surface area contributed by atoms with Crippen molar-refractivity contribution in [1.29, 1.82) is 0 Å². The maximum absolute atomic E-state index is 12.4. The number of carbonyl (C=O) groups excluding carboxylic acids is 1. The van der Waals surface area contributed by atoms with Gasteiger partial charge in [-0.3, -0.25) is 4.79 Å². The monoisotopic (exact) mass is 413 g/mol. The summed E-state index contributed by atoms with van der Waals surface area (Å²) in [5.74, 6) is -1.23. The molecule has 2 heterocycles. The SMILES string of the molecule is O=C(CSc1ncnc2sc3c(c12)CCC3)N[C@@H](Cc1ccccc1)C(=O)O. The van der Waals surface area contributed by atoms with Crippen LogP contribution in [0.2, 0.25) is 0 Å². The number of aliphatic carboxylic acids is 1. The Morgan fingerprint density at radius 1 is 1.21 bits per heavy atom. The molecule has 0 unspecified atom stereocenters. The van der Waals surface area contributed by atoms with Crippen molar-refractivity contribution in [2.45, 2.75) is 36.8 Å². The van der Waals surface area contributed by atoms with Gasteiger partial charge in [0.25, 0.3) is 0 Å². The van der Waals surface area contributed by atoms with Gasteiger partial charge in [-0.2, -0.15) is 0 Å². The third kappa shape index (κ3) is 4.02. The second-order valence-corrected chi connectivity index (χ2v) is 8.70. The minimum atomic E-state index is -1.04. The number of fused-ring (bicyclic) bond motifs is 3. The molecule has 2 N–H and O–H groups in total. The lowest BCUT2D eigenvalue weighted by molar-refractivity contribution is -0.141. The average Bonchev–Trinajstić information content (AvgIpc) is 3.27. The summed E-state index contributed by atoms with van der Waals surface area (Å²) in [5.41, 5.74) is 2.19. The summed E-state index contributed by atoms with van der Waals surface area (Å²) in [6.07, 6.45) is 5.05. The first kappa shape index (κ1) is 18.9. The van der Waals surface area contributed by atoms with Gasteiger partial charge in [0.15, 0.2) is 0 Å². The molecule has 1 aliphatic rings. The lowest BCUT2D eigenvalue weighted by Gasteiger charge is -2.14. The molecule has 144 valence electrons. The van der Waals surface area contributed by atoms with Crippen LogP contribution in [-0.2, 0) is 28.9 Å². The predicted octanol–water partition coefficient (Wildman–Crippen LogP) is 3.08. The number of carbonyl (C=O) groups is 2. The standard InChI is InChI=1S/C20H19N3O3S2/c24-16(23-14(20(25)26)9-12-5-2-1-3-6-12)10-27-18-17-13-7-4-8-15(13)28-19(17)22-11-21-18/h1-3,5-6,11,14H,4,7-10H2,(H,23,24)(H,25,26)/t14-/m0/s1. The van der Waals surface area contributed by atoms with E-state index in [2.05, 4.69) is 15.3 Å². The van der Waals surface area contributed by atoms with Gasteiger partial charge in [0, 0.05) is 16.7 Å². The van der Waals surface area contributed by atoms with E-state index in [0.717, 1.165) is 40.1 Å². The molecule has 0 aliphatic heterocycles. The Hall–Kier alpha value is -2.45. The Morgan fingerprint density at radius 2 is 2.04 bits per heavy atom. The molecule has 0 radical (unpaired) electrons. The number of rotatable bonds is 7. The van der Waals surface area contributed by atoms with E-state index in [1.165, 1.54) is 28.5 Å². The third-order valence-electron chi connectivity index (χ3n) is 4.72. The number of hydrogen-bond acceptors (Lipinski definition) is 6. The molecule has 8 heteroatoms. The van der Waals surface area contributed by atoms with Crippen LogP contribution in [-0.4, -0.2) is 38.7 Å². The van der Waals surface area contributed by atoms with Gasteiger partial charge >= 0.3 is 5.97 Å². The number of nitrogens with one attached hydrogen (secondary N) is 1. The van der Waals surface area contributed by atoms with Crippen LogP contribution < -0.4 is 5.32 Å². The summed E-state index contributed by atoms with van der Waals surface area (Å²) in [7, 11) is 0. The molecule has 1 aliphatic carbocycles. The van der Waals surface area contributed by atoms with E-state index in [9.17, 15) is 14.7 Å². The van der Waals surface area contributed by atoms with Crippen molar-refractivity contribution in [3.63, 3.8) is 0 Å². The van der Waals surface area contributed by atoms with Crippen molar-refractivity contribution in [3.8, 4) is 0 Å². The number of aryl methyl sites for hydroxylation is 2. The van der Waals surface area contributed by atoms with E-state index in [1.807, 2.05) is 30.3 Å². The van der Waals surface area contributed by atoms with Crippen LogP contribution in [0, 0.1) is 0 Å². The Kier molecular flexibility index (Phi) is 5.59. The molecule has 1 atom stereocenters. The van der Waals surface area contributed by atoms with Crippen molar-refractivity contribution >= 4 is 45.2 Å². The normalized spacial score (nSPS) is 14.0. The highest BCUT2D eigenvalue weighted by Crippen LogP contribution is 2.39. The Balaban J connectivity index is 1.43. The number of nitrogens with zero attached hydrogens (tertiary/aromatic N) is 2. The average molecular weight is 414 g/mol. The number of thioether (sulfide) groups is 1. The number of carboxylic acid groups (broad SMARTS) is 1. The van der Waals surface area contributed by atoms with Crippen LogP contribution in [0.25, 0.3) is 10.2 Å². The fourth-order valence-electron chi connectivity index (χ4n) is 3.43. The summed E-state index contributed by atoms with van der Waals surface area (Å²) in [5, 5.41) is 13.9. The van der Waals surface area contributed by atoms with E-state index in [1.54, 1.807) is 11.3 Å². The smallest absolute Gasteiger partial charge is 0.326 e. The molecule has 6 nitrogen and oxygen atoms in total. The lowest BCUT2D eigenvalue weighted by atomic mass is 10.1. The summed E-state index contributed by atoms with van der Waals surface area (Å²) in [6.45, 7) is 0. The van der Waals surface area contributed by atoms with E-state index < -0.39 is 12.0 Å². The Bertz CT molecular complexity index is 1020. The molecule has 1 amide bonds. The van der Waals surface area contributed by atoms with E-state index in [4.69, 9.17) is 0 Å². The van der Waals surface area contributed by atoms with Crippen molar-refractivity contribution in [2.75, 3.05) is 5.75 Å².